The zero-order chi connectivity index (χ0) is 24.5. The minimum absolute atomic E-state index is 0.237. The monoisotopic (exact) mass is 480 g/mol. The van der Waals surface area contributed by atoms with Crippen molar-refractivity contribution in [1.82, 2.24) is 9.55 Å². The van der Waals surface area contributed by atoms with Crippen LogP contribution in [0.3, 0.4) is 0 Å². The second-order valence-electron chi connectivity index (χ2n) is 9.85. The fourth-order valence-electron chi connectivity index (χ4n) is 4.88. The van der Waals surface area contributed by atoms with Crippen molar-refractivity contribution in [2.24, 2.45) is 0 Å². The molecular formula is C26H32N2O5Si. The Hall–Kier alpha value is -2.78. The number of H-pyrrole nitrogens is 1. The summed E-state index contributed by atoms with van der Waals surface area (Å²) in [5, 5.41) is 12.2. The Balaban J connectivity index is 1.79. The summed E-state index contributed by atoms with van der Waals surface area (Å²) in [7, 11) is -2.87. The summed E-state index contributed by atoms with van der Waals surface area (Å²) in [5.74, 6) is 0. The standard InChI is InChI=1S/C26H32N2O5Si/c1-18-16-28(25(31)27-24(18)30)23-15-21(22(17-29)32-23)33-34(26(2,3)4,19-11-7-5-8-12-19)20-13-9-6-10-14-20/h5-14,16,21-23,29H,15,17H2,1-4H3,(H,27,30,31)/t21-,22-,23-/m1/s1. The summed E-state index contributed by atoms with van der Waals surface area (Å²) in [5.41, 5.74) is -0.540. The highest BCUT2D eigenvalue weighted by atomic mass is 28.4. The molecule has 1 aliphatic rings. The molecule has 2 N–H and O–H groups in total. The zero-order valence-corrected chi connectivity index (χ0v) is 21.0. The van der Waals surface area contributed by atoms with Gasteiger partial charge in [0.25, 0.3) is 13.9 Å². The van der Waals surface area contributed by atoms with Crippen molar-refractivity contribution in [1.29, 1.82) is 0 Å². The fraction of sp³-hybridized carbons (Fsp3) is 0.385. The average Bonchev–Trinajstić information content (AvgIpc) is 3.22. The maximum Gasteiger partial charge on any atom is 0.330 e. The van der Waals surface area contributed by atoms with E-state index in [2.05, 4.69) is 50.0 Å². The van der Waals surface area contributed by atoms with E-state index in [1.807, 2.05) is 36.4 Å². The molecule has 0 radical (unpaired) electrons. The van der Waals surface area contributed by atoms with Gasteiger partial charge in [-0.3, -0.25) is 14.3 Å². The third kappa shape index (κ3) is 4.34. The smallest absolute Gasteiger partial charge is 0.330 e. The van der Waals surface area contributed by atoms with Crippen LogP contribution in [0.1, 0.15) is 39.0 Å². The Morgan fingerprint density at radius 1 is 1.06 bits per heavy atom. The first kappa shape index (κ1) is 24.3. The molecule has 1 aromatic heterocycles. The van der Waals surface area contributed by atoms with Crippen molar-refractivity contribution in [2.45, 2.75) is 57.6 Å². The lowest BCUT2D eigenvalue weighted by Crippen LogP contribution is -2.68. The van der Waals surface area contributed by atoms with Crippen LogP contribution in [0.25, 0.3) is 0 Å². The van der Waals surface area contributed by atoms with E-state index in [1.54, 1.807) is 6.92 Å². The van der Waals surface area contributed by atoms with Crippen molar-refractivity contribution in [2.75, 3.05) is 6.61 Å². The van der Waals surface area contributed by atoms with Crippen LogP contribution >= 0.6 is 0 Å². The molecule has 34 heavy (non-hydrogen) atoms. The van der Waals surface area contributed by atoms with Gasteiger partial charge in [-0.15, -0.1) is 0 Å². The Morgan fingerprint density at radius 3 is 2.12 bits per heavy atom. The minimum Gasteiger partial charge on any atom is -0.402 e. The van der Waals surface area contributed by atoms with Crippen LogP contribution in [0.4, 0.5) is 0 Å². The summed E-state index contributed by atoms with van der Waals surface area (Å²) >= 11 is 0. The predicted molar refractivity (Wildman–Crippen MR) is 134 cm³/mol. The average molecular weight is 481 g/mol. The maximum absolute atomic E-state index is 12.5. The molecule has 0 unspecified atom stereocenters. The molecule has 4 rings (SSSR count). The molecule has 0 bridgehead atoms. The number of aromatic nitrogens is 2. The number of aliphatic hydroxyl groups excluding tert-OH is 1. The Kier molecular flexibility index (Phi) is 6.77. The van der Waals surface area contributed by atoms with E-state index in [-0.39, 0.29) is 11.6 Å². The molecule has 8 heteroatoms. The SMILES string of the molecule is Cc1cn([C@H]2C[C@@H](O[Si](c3ccccc3)(c3ccccc3)C(C)(C)C)[C@@H](CO)O2)c(=O)[nH]c1=O. The van der Waals surface area contributed by atoms with E-state index in [4.69, 9.17) is 9.16 Å². The topological polar surface area (TPSA) is 93.6 Å². The number of aromatic amines is 1. The van der Waals surface area contributed by atoms with Crippen LogP contribution in [-0.2, 0) is 9.16 Å². The molecule has 1 fully saturated rings. The number of aliphatic hydroxyl groups is 1. The first-order valence-electron chi connectivity index (χ1n) is 11.5. The van der Waals surface area contributed by atoms with Crippen molar-refractivity contribution in [3.05, 3.63) is 93.3 Å². The quantitative estimate of drug-likeness (QED) is 0.527. The molecule has 0 spiro atoms. The van der Waals surface area contributed by atoms with E-state index in [0.29, 0.717) is 12.0 Å². The molecule has 180 valence electrons. The van der Waals surface area contributed by atoms with E-state index in [9.17, 15) is 14.7 Å². The molecule has 2 aromatic carbocycles. The molecule has 1 aliphatic heterocycles. The minimum atomic E-state index is -2.87. The molecule has 1 saturated heterocycles. The van der Waals surface area contributed by atoms with Crippen LogP contribution in [-0.4, -0.2) is 41.8 Å². The van der Waals surface area contributed by atoms with E-state index in [1.165, 1.54) is 10.8 Å². The van der Waals surface area contributed by atoms with Crippen molar-refractivity contribution in [3.8, 4) is 0 Å². The van der Waals surface area contributed by atoms with Gasteiger partial charge in [0.15, 0.2) is 0 Å². The summed E-state index contributed by atoms with van der Waals surface area (Å²) < 4.78 is 14.6. The summed E-state index contributed by atoms with van der Waals surface area (Å²) in [6.07, 6.45) is 0.182. The molecular weight excluding hydrogens is 448 g/mol. The second-order valence-corrected chi connectivity index (χ2v) is 14.1. The van der Waals surface area contributed by atoms with Crippen LogP contribution in [0, 0.1) is 6.92 Å². The molecule has 0 amide bonds. The zero-order valence-electron chi connectivity index (χ0n) is 20.0. The first-order chi connectivity index (χ1) is 16.2. The van der Waals surface area contributed by atoms with Gasteiger partial charge < -0.3 is 14.3 Å². The summed E-state index contributed by atoms with van der Waals surface area (Å²) in [6, 6.07) is 20.5. The third-order valence-corrected chi connectivity index (χ3v) is 11.6. The number of nitrogens with zero attached hydrogens (tertiary/aromatic N) is 1. The second kappa shape index (κ2) is 9.46. The van der Waals surface area contributed by atoms with Gasteiger partial charge in [-0.2, -0.15) is 0 Å². The van der Waals surface area contributed by atoms with Gasteiger partial charge in [0.2, 0.25) is 0 Å². The fourth-order valence-corrected chi connectivity index (χ4v) is 9.59. The van der Waals surface area contributed by atoms with E-state index >= 15 is 0 Å². The van der Waals surface area contributed by atoms with Gasteiger partial charge in [0.05, 0.1) is 12.7 Å². The lowest BCUT2D eigenvalue weighted by atomic mass is 10.2. The van der Waals surface area contributed by atoms with Crippen LogP contribution < -0.4 is 21.6 Å². The number of ether oxygens (including phenoxy) is 1. The molecule has 0 saturated carbocycles. The van der Waals surface area contributed by atoms with Gasteiger partial charge >= 0.3 is 5.69 Å². The molecule has 3 atom stereocenters. The summed E-state index contributed by atoms with van der Waals surface area (Å²) in [4.78, 5) is 26.7. The number of hydrogen-bond donors (Lipinski definition) is 2. The van der Waals surface area contributed by atoms with Crippen LogP contribution in [0.5, 0.6) is 0 Å². The van der Waals surface area contributed by atoms with Gasteiger partial charge in [0.1, 0.15) is 12.3 Å². The lowest BCUT2D eigenvalue weighted by Gasteiger charge is -2.45. The largest absolute Gasteiger partial charge is 0.402 e. The molecule has 7 nitrogen and oxygen atoms in total. The highest BCUT2D eigenvalue weighted by Crippen LogP contribution is 2.41. The highest BCUT2D eigenvalue weighted by molar-refractivity contribution is 6.99. The lowest BCUT2D eigenvalue weighted by molar-refractivity contribution is -0.0434. The predicted octanol–water partition coefficient (Wildman–Crippen LogP) is 2.07. The van der Waals surface area contributed by atoms with Gasteiger partial charge in [-0.25, -0.2) is 4.79 Å². The first-order valence-corrected chi connectivity index (χ1v) is 13.5. The van der Waals surface area contributed by atoms with E-state index < -0.39 is 38.0 Å². The van der Waals surface area contributed by atoms with E-state index in [0.717, 1.165) is 10.4 Å². The van der Waals surface area contributed by atoms with Crippen LogP contribution in [0.2, 0.25) is 5.04 Å². The van der Waals surface area contributed by atoms with Crippen LogP contribution in [0.15, 0.2) is 76.4 Å². The van der Waals surface area contributed by atoms with Gasteiger partial charge in [0, 0.05) is 18.2 Å². The normalized spacial score (nSPS) is 21.0. The number of nitrogens with one attached hydrogen (secondary N) is 1. The molecule has 3 aromatic rings. The van der Waals surface area contributed by atoms with Gasteiger partial charge in [-0.1, -0.05) is 81.4 Å². The van der Waals surface area contributed by atoms with Crippen molar-refractivity contribution < 1.29 is 14.3 Å². The van der Waals surface area contributed by atoms with Crippen molar-refractivity contribution >= 4 is 18.7 Å². The Labute approximate surface area is 200 Å². The summed E-state index contributed by atoms with van der Waals surface area (Å²) in [6.45, 7) is 7.98. The third-order valence-electron chi connectivity index (χ3n) is 6.56. The number of benzene rings is 2. The Bertz CT molecular complexity index is 1190. The molecule has 2 heterocycles. The molecule has 0 aliphatic carbocycles. The van der Waals surface area contributed by atoms with Gasteiger partial charge in [-0.05, 0) is 22.3 Å². The van der Waals surface area contributed by atoms with Crippen molar-refractivity contribution in [3.63, 3.8) is 0 Å². The maximum atomic E-state index is 12.5. The number of hydrogen-bond acceptors (Lipinski definition) is 5. The Morgan fingerprint density at radius 2 is 1.62 bits per heavy atom. The highest BCUT2D eigenvalue weighted by Gasteiger charge is 2.53. The number of aryl methyl sites for hydroxylation is 1. The number of rotatable bonds is 6.